The molecule has 1 rings (SSSR count). The molecule has 0 saturated heterocycles. The molecule has 0 unspecified atom stereocenters. The number of pyridine rings is 1. The lowest BCUT2D eigenvalue weighted by Crippen LogP contribution is -2.36. The smallest absolute Gasteiger partial charge is 0.239 e. The number of likely N-dealkylation sites (N-methyl/N-ethyl adjacent to an activating group) is 1. The van der Waals surface area contributed by atoms with Gasteiger partial charge < -0.3 is 20.1 Å². The molecule has 1 atom stereocenters. The van der Waals surface area contributed by atoms with Gasteiger partial charge in [0.15, 0.2) is 0 Å². The number of anilines is 1. The van der Waals surface area contributed by atoms with Crippen molar-refractivity contribution in [2.45, 2.75) is 13.0 Å². The maximum Gasteiger partial charge on any atom is 0.239 e. The highest BCUT2D eigenvalue weighted by molar-refractivity contribution is 5.80. The van der Waals surface area contributed by atoms with Gasteiger partial charge in [-0.15, -0.1) is 0 Å². The summed E-state index contributed by atoms with van der Waals surface area (Å²) in [5, 5.41) is 12.1. The molecule has 0 bridgehead atoms. The maximum absolute atomic E-state index is 11.6. The third-order valence-corrected chi connectivity index (χ3v) is 2.65. The maximum atomic E-state index is 11.6. The first-order valence-electron chi connectivity index (χ1n) is 6.15. The Balaban J connectivity index is 2.48. The van der Waals surface area contributed by atoms with E-state index in [0.29, 0.717) is 19.0 Å². The zero-order valence-electron chi connectivity index (χ0n) is 11.6. The highest BCUT2D eigenvalue weighted by Gasteiger charge is 2.09. The number of methoxy groups -OCH3 is 1. The van der Waals surface area contributed by atoms with Crippen molar-refractivity contribution in [2.75, 3.05) is 38.8 Å². The fraction of sp³-hybridized carbons (Fsp3) is 0.538. The lowest BCUT2D eigenvalue weighted by Gasteiger charge is -2.18. The van der Waals surface area contributed by atoms with E-state index in [0.717, 1.165) is 5.56 Å². The Hall–Kier alpha value is -1.66. The largest absolute Gasteiger partial charge is 0.389 e. The van der Waals surface area contributed by atoms with E-state index < -0.39 is 6.10 Å². The molecule has 0 aliphatic carbocycles. The molecule has 1 aromatic heterocycles. The number of aliphatic hydroxyl groups excluding tert-OH is 1. The number of carbonyl (C=O) groups is 1. The highest BCUT2D eigenvalue weighted by Crippen LogP contribution is 2.14. The molecule has 0 saturated carbocycles. The van der Waals surface area contributed by atoms with E-state index in [-0.39, 0.29) is 12.5 Å². The van der Waals surface area contributed by atoms with Gasteiger partial charge in [-0.05, 0) is 18.6 Å². The Morgan fingerprint density at radius 1 is 1.58 bits per heavy atom. The Kier molecular flexibility index (Phi) is 6.24. The molecule has 1 amide bonds. The van der Waals surface area contributed by atoms with Crippen LogP contribution in [-0.4, -0.2) is 49.9 Å². The van der Waals surface area contributed by atoms with Crippen molar-refractivity contribution in [1.82, 2.24) is 10.3 Å². The quantitative estimate of drug-likeness (QED) is 0.697. The first-order valence-corrected chi connectivity index (χ1v) is 6.15. The van der Waals surface area contributed by atoms with Gasteiger partial charge in [-0.25, -0.2) is 4.98 Å². The molecular formula is C13H21N3O3. The van der Waals surface area contributed by atoms with Gasteiger partial charge in [0.05, 0.1) is 19.3 Å². The van der Waals surface area contributed by atoms with Crippen molar-refractivity contribution in [3.05, 3.63) is 23.9 Å². The summed E-state index contributed by atoms with van der Waals surface area (Å²) in [4.78, 5) is 17.6. The van der Waals surface area contributed by atoms with Crippen molar-refractivity contribution in [2.24, 2.45) is 0 Å². The van der Waals surface area contributed by atoms with Crippen molar-refractivity contribution >= 4 is 11.7 Å². The molecule has 6 nitrogen and oxygen atoms in total. The van der Waals surface area contributed by atoms with Crippen LogP contribution in [0.15, 0.2) is 18.3 Å². The minimum Gasteiger partial charge on any atom is -0.389 e. The van der Waals surface area contributed by atoms with Crippen molar-refractivity contribution in [3.63, 3.8) is 0 Å². The van der Waals surface area contributed by atoms with Gasteiger partial charge in [0.2, 0.25) is 5.91 Å². The molecule has 6 heteroatoms. The third-order valence-electron chi connectivity index (χ3n) is 2.65. The second-order valence-electron chi connectivity index (χ2n) is 4.32. The molecule has 0 aliphatic heterocycles. The molecule has 1 aromatic rings. The predicted molar refractivity (Wildman–Crippen MR) is 73.0 cm³/mol. The van der Waals surface area contributed by atoms with Gasteiger partial charge in [0.1, 0.15) is 5.82 Å². The van der Waals surface area contributed by atoms with Crippen LogP contribution in [0.5, 0.6) is 0 Å². The number of amides is 1. The fourth-order valence-corrected chi connectivity index (χ4v) is 1.52. The first kappa shape index (κ1) is 15.4. The highest BCUT2D eigenvalue weighted by atomic mass is 16.5. The van der Waals surface area contributed by atoms with E-state index in [2.05, 4.69) is 10.3 Å². The normalized spacial score (nSPS) is 12.0. The number of hydrogen-bond acceptors (Lipinski definition) is 5. The lowest BCUT2D eigenvalue weighted by atomic mass is 10.2. The monoisotopic (exact) mass is 267 g/mol. The first-order chi connectivity index (χ1) is 9.04. The lowest BCUT2D eigenvalue weighted by molar-refractivity contribution is -0.119. The van der Waals surface area contributed by atoms with Crippen LogP contribution in [0.25, 0.3) is 0 Å². The molecule has 1 heterocycles. The van der Waals surface area contributed by atoms with Gasteiger partial charge in [-0.2, -0.15) is 0 Å². The molecule has 0 aromatic carbocycles. The van der Waals surface area contributed by atoms with Crippen molar-refractivity contribution in [3.8, 4) is 0 Å². The van der Waals surface area contributed by atoms with Crippen LogP contribution in [0.2, 0.25) is 0 Å². The Morgan fingerprint density at radius 3 is 2.84 bits per heavy atom. The van der Waals surface area contributed by atoms with Crippen LogP contribution in [0.1, 0.15) is 18.6 Å². The summed E-state index contributed by atoms with van der Waals surface area (Å²) >= 11 is 0. The van der Waals surface area contributed by atoms with Crippen LogP contribution in [0.3, 0.4) is 0 Å². The topological polar surface area (TPSA) is 74.7 Å². The molecular weight excluding hydrogens is 246 g/mol. The molecule has 106 valence electrons. The number of aliphatic hydroxyl groups is 1. The minimum atomic E-state index is -0.538. The zero-order chi connectivity index (χ0) is 14.3. The van der Waals surface area contributed by atoms with Gasteiger partial charge in [-0.3, -0.25) is 4.79 Å². The zero-order valence-corrected chi connectivity index (χ0v) is 11.6. The summed E-state index contributed by atoms with van der Waals surface area (Å²) in [6.07, 6.45) is 1.07. The molecule has 19 heavy (non-hydrogen) atoms. The minimum absolute atomic E-state index is 0.0825. The summed E-state index contributed by atoms with van der Waals surface area (Å²) in [7, 11) is 3.38. The van der Waals surface area contributed by atoms with E-state index in [9.17, 15) is 9.90 Å². The van der Waals surface area contributed by atoms with Gasteiger partial charge in [0, 0.05) is 26.9 Å². The predicted octanol–water partition coefficient (Wildman–Crippen LogP) is 0.334. The molecule has 0 spiro atoms. The van der Waals surface area contributed by atoms with Crippen LogP contribution < -0.4 is 10.2 Å². The number of nitrogens with zero attached hydrogens (tertiary/aromatic N) is 2. The Bertz CT molecular complexity index is 393. The van der Waals surface area contributed by atoms with Gasteiger partial charge in [0.25, 0.3) is 0 Å². The summed E-state index contributed by atoms with van der Waals surface area (Å²) in [5.41, 5.74) is 0.752. The Labute approximate surface area is 113 Å². The SMILES string of the molecule is COCCNC(=O)CN(C)c1ccc([C@H](C)O)cn1. The number of aromatic nitrogens is 1. The second kappa shape index (κ2) is 7.70. The van der Waals surface area contributed by atoms with Gasteiger partial charge in [-0.1, -0.05) is 6.07 Å². The average Bonchev–Trinajstić information content (AvgIpc) is 2.39. The number of rotatable bonds is 7. The van der Waals surface area contributed by atoms with Crippen molar-refractivity contribution in [1.29, 1.82) is 0 Å². The average molecular weight is 267 g/mol. The fourth-order valence-electron chi connectivity index (χ4n) is 1.52. The summed E-state index contributed by atoms with van der Waals surface area (Å²) in [5.74, 6) is 0.604. The van der Waals surface area contributed by atoms with Crippen LogP contribution in [0.4, 0.5) is 5.82 Å². The van der Waals surface area contributed by atoms with Crippen LogP contribution >= 0.6 is 0 Å². The summed E-state index contributed by atoms with van der Waals surface area (Å²) in [6, 6.07) is 3.58. The van der Waals surface area contributed by atoms with Crippen molar-refractivity contribution < 1.29 is 14.6 Å². The summed E-state index contributed by atoms with van der Waals surface area (Å²) in [6.45, 7) is 2.91. The van der Waals surface area contributed by atoms with Crippen LogP contribution in [0, 0.1) is 0 Å². The van der Waals surface area contributed by atoms with Gasteiger partial charge >= 0.3 is 0 Å². The van der Waals surface area contributed by atoms with Crippen LogP contribution in [-0.2, 0) is 9.53 Å². The van der Waals surface area contributed by atoms with E-state index in [4.69, 9.17) is 4.74 Å². The van der Waals surface area contributed by atoms with E-state index in [1.165, 1.54) is 0 Å². The van der Waals surface area contributed by atoms with E-state index >= 15 is 0 Å². The number of hydrogen-bond donors (Lipinski definition) is 2. The van der Waals surface area contributed by atoms with E-state index in [1.54, 1.807) is 44.3 Å². The standard InChI is InChI=1S/C13H21N3O3/c1-10(17)11-4-5-12(15-8-11)16(2)9-13(18)14-6-7-19-3/h4-5,8,10,17H,6-7,9H2,1-3H3,(H,14,18)/t10-/m0/s1. The number of ether oxygens (including phenoxy) is 1. The number of carbonyl (C=O) groups excluding carboxylic acids is 1. The Morgan fingerprint density at radius 2 is 2.32 bits per heavy atom. The third kappa shape index (κ3) is 5.23. The second-order valence-corrected chi connectivity index (χ2v) is 4.32. The number of nitrogens with one attached hydrogen (secondary N) is 1. The summed E-state index contributed by atoms with van der Waals surface area (Å²) < 4.78 is 4.85. The molecule has 0 fully saturated rings. The molecule has 0 radical (unpaired) electrons. The van der Waals surface area contributed by atoms with E-state index in [1.807, 2.05) is 0 Å². The molecule has 0 aliphatic rings. The molecule has 2 N–H and O–H groups in total.